The van der Waals surface area contributed by atoms with Gasteiger partial charge < -0.3 is 4.74 Å². The second-order valence-corrected chi connectivity index (χ2v) is 7.87. The maximum Gasteiger partial charge on any atom is 0.431 e. The Balaban J connectivity index is 2.14. The number of nitrogens with zero attached hydrogens (tertiary/aromatic N) is 3. The number of nitrogens with one attached hydrogen (secondary N) is 1. The van der Waals surface area contributed by atoms with Crippen LogP contribution in [-0.4, -0.2) is 52.7 Å². The molecule has 168 valence electrons. The van der Waals surface area contributed by atoms with Gasteiger partial charge in [0.25, 0.3) is 0 Å². The Morgan fingerprint density at radius 1 is 1.39 bits per heavy atom. The van der Waals surface area contributed by atoms with Crippen molar-refractivity contribution < 1.29 is 28.7 Å². The molecule has 0 bridgehead atoms. The van der Waals surface area contributed by atoms with E-state index in [-0.39, 0.29) is 35.9 Å². The first-order valence-corrected chi connectivity index (χ1v) is 10.8. The van der Waals surface area contributed by atoms with Crippen molar-refractivity contribution in [2.45, 2.75) is 53.8 Å². The lowest BCUT2D eigenvalue weighted by Crippen LogP contribution is -2.31. The molecule has 2 rings (SSSR count). The molecule has 1 heterocycles. The minimum Gasteiger partial charge on any atom is -0.488 e. The summed E-state index contributed by atoms with van der Waals surface area (Å²) in [4.78, 5) is 44.1. The Kier molecular flexibility index (Phi) is 9.07. The smallest absolute Gasteiger partial charge is 0.431 e. The molecule has 1 aromatic heterocycles. The van der Waals surface area contributed by atoms with Crippen LogP contribution in [0.15, 0.2) is 34.0 Å². The summed E-state index contributed by atoms with van der Waals surface area (Å²) in [5.41, 5.74) is 5.98. The molecular weight excluding hydrogens is 420 g/mol. The molecule has 0 saturated heterocycles. The number of aliphatic imine (C=N–C) groups is 1. The van der Waals surface area contributed by atoms with Gasteiger partial charge in [-0.1, -0.05) is 0 Å². The van der Waals surface area contributed by atoms with E-state index in [1.165, 1.54) is 30.1 Å². The van der Waals surface area contributed by atoms with Crippen LogP contribution in [0.3, 0.4) is 0 Å². The Morgan fingerprint density at radius 3 is 2.71 bits per heavy atom. The molecule has 0 saturated carbocycles. The number of hydrogen-bond acceptors (Lipinski definition) is 8. The van der Waals surface area contributed by atoms with Gasteiger partial charge >= 0.3 is 5.91 Å². The molecule has 1 aliphatic rings. The van der Waals surface area contributed by atoms with Crippen LogP contribution < -0.4 is 5.48 Å². The number of rotatable bonds is 9. The highest BCUT2D eigenvalue weighted by Crippen LogP contribution is 2.23. The molecule has 0 atom stereocenters. The molecule has 0 spiro atoms. The van der Waals surface area contributed by atoms with Crippen LogP contribution in [0.5, 0.6) is 0 Å². The summed E-state index contributed by atoms with van der Waals surface area (Å²) in [5.74, 6) is 0.236. The fourth-order valence-corrected chi connectivity index (χ4v) is 3.50. The monoisotopic (exact) mass is 449 g/mol. The fraction of sp³-hybridized carbons (Fsp3) is 0.476. The largest absolute Gasteiger partial charge is 0.488 e. The number of ketones is 1. The quantitative estimate of drug-likeness (QED) is 0.203. The van der Waals surface area contributed by atoms with Crippen LogP contribution in [0.2, 0.25) is 0 Å². The number of hydroxylamine groups is 2. The van der Waals surface area contributed by atoms with Gasteiger partial charge in [0, 0.05) is 12.6 Å². The van der Waals surface area contributed by atoms with E-state index in [2.05, 4.69) is 15.5 Å². The molecule has 0 fully saturated rings. The summed E-state index contributed by atoms with van der Waals surface area (Å²) in [7, 11) is 1.42. The second-order valence-electron chi connectivity index (χ2n) is 6.93. The number of aromatic nitrogens is 1. The van der Waals surface area contributed by atoms with Crippen LogP contribution in [-0.2, 0) is 25.8 Å². The van der Waals surface area contributed by atoms with Gasteiger partial charge in [0.05, 0.1) is 35.6 Å². The van der Waals surface area contributed by atoms with Gasteiger partial charge in [-0.05, 0) is 39.3 Å². The molecule has 1 aliphatic carbocycles. The number of thiazole rings is 1. The topological polar surface area (TPSA) is 102 Å². The van der Waals surface area contributed by atoms with Crippen LogP contribution in [0.25, 0.3) is 0 Å². The molecule has 1 amide bonds. The third kappa shape index (κ3) is 6.56. The minimum atomic E-state index is -0.355. The summed E-state index contributed by atoms with van der Waals surface area (Å²) < 4.78 is 7.28. The van der Waals surface area contributed by atoms with Gasteiger partial charge in [-0.2, -0.15) is 0 Å². The normalized spacial score (nSPS) is 15.9. The van der Waals surface area contributed by atoms with Gasteiger partial charge in [0.2, 0.25) is 11.5 Å². The van der Waals surface area contributed by atoms with E-state index in [1.54, 1.807) is 5.51 Å². The predicted molar refractivity (Wildman–Crippen MR) is 118 cm³/mol. The fourth-order valence-electron chi connectivity index (χ4n) is 2.83. The van der Waals surface area contributed by atoms with Crippen LogP contribution in [0.4, 0.5) is 0 Å². The third-order valence-electron chi connectivity index (χ3n) is 4.08. The van der Waals surface area contributed by atoms with Crippen molar-refractivity contribution in [3.63, 3.8) is 0 Å². The van der Waals surface area contributed by atoms with E-state index in [0.717, 1.165) is 11.3 Å². The number of Topliss-reactive ketones (excluding diaryl/α,β-unsaturated/α-hetero) is 1. The third-order valence-corrected chi connectivity index (χ3v) is 4.88. The van der Waals surface area contributed by atoms with E-state index in [4.69, 9.17) is 14.4 Å². The Hall–Kier alpha value is -2.85. The average Bonchev–Trinajstić information content (AvgIpc) is 3.18. The zero-order valence-electron chi connectivity index (χ0n) is 18.7. The summed E-state index contributed by atoms with van der Waals surface area (Å²) in [6.45, 7) is 9.53. The van der Waals surface area contributed by atoms with Gasteiger partial charge in [0.1, 0.15) is 18.1 Å². The number of carbonyl (C=O) groups is 2. The molecule has 10 heteroatoms. The molecule has 0 unspecified atom stereocenters. The molecule has 0 aliphatic heterocycles. The summed E-state index contributed by atoms with van der Waals surface area (Å²) in [5, 5.41) is 0. The van der Waals surface area contributed by atoms with Crippen molar-refractivity contribution in [1.29, 1.82) is 0 Å². The van der Waals surface area contributed by atoms with Crippen molar-refractivity contribution in [2.75, 3.05) is 13.7 Å². The van der Waals surface area contributed by atoms with E-state index >= 15 is 0 Å². The van der Waals surface area contributed by atoms with Crippen molar-refractivity contribution in [3.8, 4) is 0 Å². The van der Waals surface area contributed by atoms with E-state index < -0.39 is 0 Å². The SMILES string of the molecule is CCN=C(NOC)C(=O)c1ncsc1COC1=CCC(=[N+](OC(C)C)C(C)=O)C=C1C. The summed E-state index contributed by atoms with van der Waals surface area (Å²) in [6, 6.07) is 0. The number of amides is 1. The molecule has 1 N–H and O–H groups in total. The van der Waals surface area contributed by atoms with Gasteiger partial charge in [-0.3, -0.25) is 19.5 Å². The maximum absolute atomic E-state index is 12.7. The lowest BCUT2D eigenvalue weighted by atomic mass is 10.0. The minimum absolute atomic E-state index is 0.0961. The first-order chi connectivity index (χ1) is 14.8. The number of allylic oxidation sites excluding steroid dienone is 3. The van der Waals surface area contributed by atoms with Crippen molar-refractivity contribution >= 4 is 34.6 Å². The van der Waals surface area contributed by atoms with Gasteiger partial charge in [-0.25, -0.2) is 15.3 Å². The standard InChI is InChI=1S/C21H29N4O5S/c1-7-22-21(24-28-6)20(27)19-18(31-12-23-19)11-29-17-9-8-16(10-14(17)4)25(15(5)26)30-13(2)3/h9-10,12-13H,7-8,11H2,1-6H3,(H,22,24)/q+1. The van der Waals surface area contributed by atoms with Crippen LogP contribution in [0.1, 0.15) is 56.4 Å². The highest BCUT2D eigenvalue weighted by Gasteiger charge is 2.26. The lowest BCUT2D eigenvalue weighted by molar-refractivity contribution is -0.730. The van der Waals surface area contributed by atoms with Crippen LogP contribution >= 0.6 is 11.3 Å². The molecule has 1 aromatic rings. The molecule has 0 radical (unpaired) electrons. The predicted octanol–water partition coefficient (Wildman–Crippen LogP) is 2.99. The van der Waals surface area contributed by atoms with Gasteiger partial charge in [-0.15, -0.1) is 11.3 Å². The molecular formula is C21H29N4O5S+. The molecule has 31 heavy (non-hydrogen) atoms. The van der Waals surface area contributed by atoms with Crippen molar-refractivity contribution in [2.24, 2.45) is 4.99 Å². The lowest BCUT2D eigenvalue weighted by Gasteiger charge is -2.15. The Bertz CT molecular complexity index is 943. The average molecular weight is 450 g/mol. The second kappa shape index (κ2) is 11.5. The first kappa shape index (κ1) is 24.4. The molecule has 0 aromatic carbocycles. The number of amidine groups is 1. The van der Waals surface area contributed by atoms with Crippen LogP contribution in [0, 0.1) is 0 Å². The van der Waals surface area contributed by atoms with E-state index in [0.29, 0.717) is 23.6 Å². The van der Waals surface area contributed by atoms with Crippen molar-refractivity contribution in [3.05, 3.63) is 39.6 Å². The number of carbonyl (C=O) groups excluding carboxylic acids is 2. The molecule has 9 nitrogen and oxygen atoms in total. The zero-order chi connectivity index (χ0) is 23.0. The number of ether oxygens (including phenoxy) is 1. The van der Waals surface area contributed by atoms with E-state index in [9.17, 15) is 9.59 Å². The van der Waals surface area contributed by atoms with Gasteiger partial charge in [0.15, 0.2) is 11.9 Å². The summed E-state index contributed by atoms with van der Waals surface area (Å²) in [6.07, 6.45) is 4.12. The maximum atomic E-state index is 12.7. The Morgan fingerprint density at radius 2 is 2.13 bits per heavy atom. The zero-order valence-corrected chi connectivity index (χ0v) is 19.5. The first-order valence-electron chi connectivity index (χ1n) is 9.93. The van der Waals surface area contributed by atoms with E-state index in [1.807, 2.05) is 39.8 Å². The number of hydrogen-bond donors (Lipinski definition) is 1. The Labute approximate surface area is 186 Å². The highest BCUT2D eigenvalue weighted by atomic mass is 32.1. The highest BCUT2D eigenvalue weighted by molar-refractivity contribution is 7.10. The van der Waals surface area contributed by atoms with Crippen molar-refractivity contribution in [1.82, 2.24) is 10.5 Å². The summed E-state index contributed by atoms with van der Waals surface area (Å²) >= 11 is 1.33.